The summed E-state index contributed by atoms with van der Waals surface area (Å²) in [5.41, 5.74) is 4.03. The molecule has 0 bridgehead atoms. The number of aryl methyl sites for hydroxylation is 1. The van der Waals surface area contributed by atoms with E-state index in [0.29, 0.717) is 5.69 Å². The molecule has 1 rings (SSSR count). The number of aromatic nitrogens is 1. The summed E-state index contributed by atoms with van der Waals surface area (Å²) in [4.78, 5) is 13.2. The summed E-state index contributed by atoms with van der Waals surface area (Å²) in [6.45, 7) is 1.52. The average Bonchev–Trinajstić information content (AvgIpc) is 1.96. The monoisotopic (exact) mass is 174 g/mol. The van der Waals surface area contributed by atoms with Gasteiger partial charge in [-0.3, -0.25) is 4.79 Å². The Balaban J connectivity index is 3.38. The third-order valence-electron chi connectivity index (χ3n) is 1.47. The second-order valence-corrected chi connectivity index (χ2v) is 2.45. The second-order valence-electron chi connectivity index (χ2n) is 2.45. The highest BCUT2D eigenvalue weighted by atomic mass is 19.3. The summed E-state index contributed by atoms with van der Waals surface area (Å²) < 4.78 is 24.3. The first-order valence-corrected chi connectivity index (χ1v) is 3.30. The molecule has 3 nitrogen and oxygen atoms in total. The number of anilines is 1. The summed E-state index contributed by atoms with van der Waals surface area (Å²) >= 11 is 0. The van der Waals surface area contributed by atoms with Gasteiger partial charge in [0.2, 0.25) is 0 Å². The van der Waals surface area contributed by atoms with E-state index in [1.165, 1.54) is 13.0 Å². The maximum absolute atomic E-state index is 12.2. The number of nitrogen functional groups attached to an aromatic ring is 1. The van der Waals surface area contributed by atoms with Crippen molar-refractivity contribution in [3.8, 4) is 0 Å². The Kier molecular flexibility index (Phi) is 2.12. The lowest BCUT2D eigenvalue weighted by atomic mass is 10.2. The van der Waals surface area contributed by atoms with Crippen molar-refractivity contribution in [1.82, 2.24) is 4.98 Å². The topological polar surface area (TPSA) is 58.9 Å². The van der Waals surface area contributed by atoms with Gasteiger partial charge in [-0.05, 0) is 13.0 Å². The molecule has 0 aliphatic rings. The minimum atomic E-state index is -2.70. The fraction of sp³-hybridized carbons (Fsp3) is 0.286. The predicted molar refractivity (Wildman–Crippen MR) is 41.2 cm³/mol. The largest absolute Gasteiger partial charge is 0.394 e. The zero-order valence-corrected chi connectivity index (χ0v) is 6.40. The number of nitrogens with two attached hydrogens (primary N) is 1. The van der Waals surface area contributed by atoms with E-state index >= 15 is 0 Å². The van der Waals surface area contributed by atoms with E-state index in [1.54, 1.807) is 0 Å². The number of hydrogen-bond donors (Lipinski definition) is 2. The smallest absolute Gasteiger partial charge is 0.271 e. The lowest BCUT2D eigenvalue weighted by Gasteiger charge is -2.03. The average molecular weight is 174 g/mol. The van der Waals surface area contributed by atoms with Crippen LogP contribution in [0.2, 0.25) is 0 Å². The summed E-state index contributed by atoms with van der Waals surface area (Å²) in [7, 11) is 0. The number of hydrogen-bond acceptors (Lipinski definition) is 2. The molecular weight excluding hydrogens is 166 g/mol. The van der Waals surface area contributed by atoms with Crippen LogP contribution in [0, 0.1) is 6.92 Å². The van der Waals surface area contributed by atoms with Gasteiger partial charge in [0.1, 0.15) is 5.69 Å². The lowest BCUT2D eigenvalue weighted by molar-refractivity contribution is 0.152. The molecule has 1 heterocycles. The van der Waals surface area contributed by atoms with Crippen LogP contribution in [-0.2, 0) is 0 Å². The number of halogens is 2. The molecule has 0 fully saturated rings. The third-order valence-corrected chi connectivity index (χ3v) is 1.47. The van der Waals surface area contributed by atoms with Gasteiger partial charge >= 0.3 is 0 Å². The van der Waals surface area contributed by atoms with Gasteiger partial charge in [0.05, 0.1) is 0 Å². The molecule has 1 aromatic heterocycles. The Morgan fingerprint density at radius 3 is 2.67 bits per heavy atom. The van der Waals surface area contributed by atoms with E-state index in [2.05, 4.69) is 4.98 Å². The van der Waals surface area contributed by atoms with Crippen LogP contribution in [0.15, 0.2) is 10.9 Å². The summed E-state index contributed by atoms with van der Waals surface area (Å²) in [5, 5.41) is 0. The number of nitrogens with one attached hydrogen (secondary N) is 1. The van der Waals surface area contributed by atoms with Crippen molar-refractivity contribution in [3.05, 3.63) is 27.7 Å². The van der Waals surface area contributed by atoms with Gasteiger partial charge in [0.25, 0.3) is 12.0 Å². The van der Waals surface area contributed by atoms with Crippen molar-refractivity contribution in [3.63, 3.8) is 0 Å². The number of H-pyrrole nitrogens is 1. The van der Waals surface area contributed by atoms with Crippen LogP contribution in [-0.4, -0.2) is 4.98 Å². The van der Waals surface area contributed by atoms with Gasteiger partial charge in [-0.2, -0.15) is 0 Å². The summed E-state index contributed by atoms with van der Waals surface area (Å²) in [5.74, 6) is 0. The SMILES string of the molecule is Cc1cc(C(F)F)c(N)c(=O)[nH]1. The number of alkyl halides is 2. The van der Waals surface area contributed by atoms with Crippen LogP contribution in [0.3, 0.4) is 0 Å². The molecule has 1 aromatic rings. The molecule has 3 N–H and O–H groups in total. The molecule has 0 amide bonds. The zero-order chi connectivity index (χ0) is 9.30. The van der Waals surface area contributed by atoms with Gasteiger partial charge in [0, 0.05) is 11.3 Å². The van der Waals surface area contributed by atoms with Crippen molar-refractivity contribution in [2.24, 2.45) is 0 Å². The van der Waals surface area contributed by atoms with Crippen LogP contribution in [0.4, 0.5) is 14.5 Å². The molecule has 0 spiro atoms. The first kappa shape index (κ1) is 8.70. The van der Waals surface area contributed by atoms with Crippen LogP contribution >= 0.6 is 0 Å². The Hall–Kier alpha value is -1.39. The Morgan fingerprint density at radius 1 is 1.58 bits per heavy atom. The van der Waals surface area contributed by atoms with Gasteiger partial charge in [-0.1, -0.05) is 0 Å². The highest BCUT2D eigenvalue weighted by molar-refractivity contribution is 5.45. The molecule has 0 unspecified atom stereocenters. The molecule has 0 radical (unpaired) electrons. The standard InChI is InChI=1S/C7H8F2N2O/c1-3-2-4(6(8)9)5(10)7(12)11-3/h2,6H,10H2,1H3,(H,11,12). The van der Waals surface area contributed by atoms with Crippen molar-refractivity contribution in [2.45, 2.75) is 13.3 Å². The molecule has 0 aliphatic carbocycles. The highest BCUT2D eigenvalue weighted by Crippen LogP contribution is 2.21. The van der Waals surface area contributed by atoms with Gasteiger partial charge < -0.3 is 10.7 Å². The predicted octanol–water partition coefficient (Wildman–Crippen LogP) is 1.20. The van der Waals surface area contributed by atoms with E-state index in [0.717, 1.165) is 0 Å². The van der Waals surface area contributed by atoms with Crippen LogP contribution in [0.5, 0.6) is 0 Å². The molecule has 0 aromatic carbocycles. The fourth-order valence-corrected chi connectivity index (χ4v) is 0.905. The number of aromatic amines is 1. The summed E-state index contributed by atoms with van der Waals surface area (Å²) in [6.07, 6.45) is -2.70. The zero-order valence-electron chi connectivity index (χ0n) is 6.40. The highest BCUT2D eigenvalue weighted by Gasteiger charge is 2.13. The van der Waals surface area contributed by atoms with Crippen molar-refractivity contribution in [1.29, 1.82) is 0 Å². The van der Waals surface area contributed by atoms with Crippen LogP contribution in [0.25, 0.3) is 0 Å². The maximum atomic E-state index is 12.2. The molecule has 0 aliphatic heterocycles. The Morgan fingerprint density at radius 2 is 2.17 bits per heavy atom. The minimum Gasteiger partial charge on any atom is -0.394 e. The van der Waals surface area contributed by atoms with Crippen LogP contribution < -0.4 is 11.3 Å². The molecule has 66 valence electrons. The summed E-state index contributed by atoms with van der Waals surface area (Å²) in [6, 6.07) is 1.17. The maximum Gasteiger partial charge on any atom is 0.271 e. The van der Waals surface area contributed by atoms with E-state index < -0.39 is 23.2 Å². The van der Waals surface area contributed by atoms with E-state index in [4.69, 9.17) is 5.73 Å². The minimum absolute atomic E-state index is 0.379. The van der Waals surface area contributed by atoms with Crippen molar-refractivity contribution < 1.29 is 8.78 Å². The Bertz CT molecular complexity index is 346. The van der Waals surface area contributed by atoms with Gasteiger partial charge in [0.15, 0.2) is 0 Å². The first-order valence-electron chi connectivity index (χ1n) is 3.30. The quantitative estimate of drug-likeness (QED) is 0.672. The number of pyridine rings is 1. The lowest BCUT2D eigenvalue weighted by Crippen LogP contribution is -2.15. The van der Waals surface area contributed by atoms with Crippen LogP contribution in [0.1, 0.15) is 17.7 Å². The van der Waals surface area contributed by atoms with Crippen molar-refractivity contribution in [2.75, 3.05) is 5.73 Å². The van der Waals surface area contributed by atoms with Crippen molar-refractivity contribution >= 4 is 5.69 Å². The second kappa shape index (κ2) is 2.92. The first-order chi connectivity index (χ1) is 5.52. The molecular formula is C7H8F2N2O. The van der Waals surface area contributed by atoms with Gasteiger partial charge in [-0.25, -0.2) is 8.78 Å². The molecule has 12 heavy (non-hydrogen) atoms. The molecule has 0 saturated heterocycles. The third kappa shape index (κ3) is 1.44. The molecule has 5 heteroatoms. The molecule has 0 atom stereocenters. The molecule has 0 saturated carbocycles. The fourth-order valence-electron chi connectivity index (χ4n) is 0.905. The van der Waals surface area contributed by atoms with E-state index in [1.807, 2.05) is 0 Å². The number of rotatable bonds is 1. The Labute approximate surface area is 67.2 Å². The van der Waals surface area contributed by atoms with Gasteiger partial charge in [-0.15, -0.1) is 0 Å². The van der Waals surface area contributed by atoms with E-state index in [-0.39, 0.29) is 0 Å². The van der Waals surface area contributed by atoms with E-state index in [9.17, 15) is 13.6 Å². The normalized spacial score (nSPS) is 10.7.